The van der Waals surface area contributed by atoms with Gasteiger partial charge in [0.2, 0.25) is 0 Å². The van der Waals surface area contributed by atoms with Gasteiger partial charge in [-0.3, -0.25) is 0 Å². The highest BCUT2D eigenvalue weighted by Crippen LogP contribution is 2.48. The van der Waals surface area contributed by atoms with Crippen LogP contribution in [-0.4, -0.2) is 25.0 Å². The van der Waals surface area contributed by atoms with Crippen molar-refractivity contribution < 1.29 is 10.1 Å². The average molecular weight is 395 g/mol. The predicted octanol–water partition coefficient (Wildman–Crippen LogP) is 5.08. The largest absolute Gasteiger partial charge is 0.339 e. The van der Waals surface area contributed by atoms with Crippen LogP contribution < -0.4 is 4.89 Å². The van der Waals surface area contributed by atoms with Gasteiger partial charge in [0.25, 0.3) is 0 Å². The van der Waals surface area contributed by atoms with E-state index < -0.39 is 0 Å². The zero-order valence-corrected chi connectivity index (χ0v) is 16.3. The van der Waals surface area contributed by atoms with Gasteiger partial charge in [-0.2, -0.15) is 0 Å². The van der Waals surface area contributed by atoms with Crippen molar-refractivity contribution in [3.8, 4) is 22.0 Å². The molecule has 2 saturated carbocycles. The molecule has 1 N–H and O–H groups in total. The summed E-state index contributed by atoms with van der Waals surface area (Å²) in [6, 6.07) is 5.58. The molecule has 2 aliphatic rings. The number of fused-ring (bicyclic) bond motifs is 2. The highest BCUT2D eigenvalue weighted by Gasteiger charge is 2.36. The minimum atomic E-state index is 0.343. The number of rotatable bonds is 5. The van der Waals surface area contributed by atoms with Gasteiger partial charge in [-0.15, -0.1) is 10.2 Å². The number of imidazole rings is 1. The summed E-state index contributed by atoms with van der Waals surface area (Å²) in [5.41, 5.74) is 2.67. The first-order chi connectivity index (χ1) is 13.7. The molecular weight excluding hydrogens is 372 g/mol. The maximum absolute atomic E-state index is 9.40. The van der Waals surface area contributed by atoms with Gasteiger partial charge in [0, 0.05) is 18.5 Å². The molecule has 7 heteroatoms. The molecule has 6 nitrogen and oxygen atoms in total. The molecule has 1 unspecified atom stereocenters. The van der Waals surface area contributed by atoms with Gasteiger partial charge in [0.1, 0.15) is 5.01 Å². The third-order valence-electron chi connectivity index (χ3n) is 6.17. The Balaban J connectivity index is 1.40. The molecule has 0 spiro atoms. The molecule has 0 radical (unpaired) electrons. The van der Waals surface area contributed by atoms with E-state index in [-0.39, 0.29) is 0 Å². The first-order valence-electron chi connectivity index (χ1n) is 9.68. The molecule has 0 saturated heterocycles. The number of aromatic nitrogens is 4. The van der Waals surface area contributed by atoms with Gasteiger partial charge in [-0.25, -0.2) is 10.2 Å². The molecule has 2 aliphatic carbocycles. The molecule has 28 heavy (non-hydrogen) atoms. The Kier molecular flexibility index (Phi) is 4.49. The van der Waals surface area contributed by atoms with Crippen LogP contribution in [0.4, 0.5) is 0 Å². The van der Waals surface area contributed by atoms with Crippen molar-refractivity contribution in [1.82, 2.24) is 19.7 Å². The molecule has 1 aromatic carbocycles. The Labute approximate surface area is 167 Å². The fourth-order valence-corrected chi connectivity index (χ4v) is 5.69. The number of allylic oxidation sites excluding steroid dienone is 1. The fourth-order valence-electron chi connectivity index (χ4n) is 4.76. The zero-order chi connectivity index (χ0) is 19.1. The Morgan fingerprint density at radius 1 is 1.18 bits per heavy atom. The standard InChI is InChI=1S/C21H22N4O2S/c1-13(16-9-14-2-3-15(8-14)10-16)20-23-24-21(28-20)18-5-4-17(11-19(18)27-26)25-7-6-22-12-25/h4-7,11-12,14-16,26H,1-3,8-10H2/t14-,15+,16?. The van der Waals surface area contributed by atoms with E-state index in [4.69, 9.17) is 0 Å². The topological polar surface area (TPSA) is 73.1 Å². The lowest BCUT2D eigenvalue weighted by molar-refractivity contribution is -0.137. The van der Waals surface area contributed by atoms with Gasteiger partial charge in [-0.1, -0.05) is 30.8 Å². The summed E-state index contributed by atoms with van der Waals surface area (Å²) in [5, 5.41) is 19.8. The van der Waals surface area contributed by atoms with E-state index in [0.717, 1.165) is 33.1 Å². The first-order valence-corrected chi connectivity index (χ1v) is 10.5. The van der Waals surface area contributed by atoms with Crippen molar-refractivity contribution in [1.29, 1.82) is 0 Å². The summed E-state index contributed by atoms with van der Waals surface area (Å²) in [4.78, 5) is 8.69. The molecule has 3 aromatic rings. The van der Waals surface area contributed by atoms with Crippen LogP contribution >= 0.6 is 11.3 Å². The van der Waals surface area contributed by atoms with E-state index >= 15 is 0 Å². The molecule has 0 aliphatic heterocycles. The van der Waals surface area contributed by atoms with Gasteiger partial charge in [-0.05, 0) is 54.7 Å². The van der Waals surface area contributed by atoms with E-state index in [0.29, 0.717) is 17.2 Å². The van der Waals surface area contributed by atoms with Gasteiger partial charge >= 0.3 is 0 Å². The van der Waals surface area contributed by atoms with Gasteiger partial charge in [0.15, 0.2) is 10.8 Å². The SMILES string of the molecule is C=C(c1nnc(-c2ccc(-n3ccnc3)cc2OO)s1)C1C[C@H]2CC[C@@H](C1)C2. The van der Waals surface area contributed by atoms with Gasteiger partial charge in [0.05, 0.1) is 17.6 Å². The smallest absolute Gasteiger partial charge is 0.177 e. The number of hydrogen-bond donors (Lipinski definition) is 1. The lowest BCUT2D eigenvalue weighted by Crippen LogP contribution is -2.16. The Bertz CT molecular complexity index is 986. The quantitative estimate of drug-likeness (QED) is 0.482. The lowest BCUT2D eigenvalue weighted by Gasteiger charge is -2.28. The summed E-state index contributed by atoms with van der Waals surface area (Å²) < 4.78 is 1.84. The van der Waals surface area contributed by atoms with Crippen LogP contribution in [0.1, 0.15) is 37.1 Å². The molecule has 2 aromatic heterocycles. The second-order valence-corrected chi connectivity index (χ2v) is 8.87. The third-order valence-corrected chi connectivity index (χ3v) is 7.21. The number of hydrogen-bond acceptors (Lipinski definition) is 6. The van der Waals surface area contributed by atoms with Gasteiger partial charge < -0.3 is 9.45 Å². The number of nitrogens with zero attached hydrogens (tertiary/aromatic N) is 4. The summed E-state index contributed by atoms with van der Waals surface area (Å²) in [7, 11) is 0. The van der Waals surface area contributed by atoms with E-state index in [1.807, 2.05) is 22.9 Å². The maximum atomic E-state index is 9.40. The van der Waals surface area contributed by atoms with Crippen molar-refractivity contribution in [3.05, 3.63) is 48.5 Å². The molecule has 2 bridgehead atoms. The van der Waals surface area contributed by atoms with Crippen LogP contribution in [0, 0.1) is 17.8 Å². The van der Waals surface area contributed by atoms with Crippen molar-refractivity contribution in [3.63, 3.8) is 0 Å². The fraction of sp³-hybridized carbons (Fsp3) is 0.381. The highest BCUT2D eigenvalue weighted by molar-refractivity contribution is 7.15. The van der Waals surface area contributed by atoms with E-state index in [1.165, 1.54) is 43.4 Å². The van der Waals surface area contributed by atoms with Crippen molar-refractivity contribution in [2.45, 2.75) is 32.1 Å². The van der Waals surface area contributed by atoms with Crippen LogP contribution in [0.5, 0.6) is 5.75 Å². The molecule has 144 valence electrons. The summed E-state index contributed by atoms with van der Waals surface area (Å²) in [5.74, 6) is 2.58. The second-order valence-electron chi connectivity index (χ2n) is 7.89. The zero-order valence-electron chi connectivity index (χ0n) is 15.5. The predicted molar refractivity (Wildman–Crippen MR) is 108 cm³/mol. The van der Waals surface area contributed by atoms with Crippen molar-refractivity contribution >= 4 is 16.9 Å². The molecule has 0 amide bonds. The average Bonchev–Trinajstić information content (AvgIpc) is 3.48. The minimum absolute atomic E-state index is 0.343. The summed E-state index contributed by atoms with van der Waals surface area (Å²) in [6.45, 7) is 4.36. The monoisotopic (exact) mass is 394 g/mol. The molecule has 2 heterocycles. The van der Waals surface area contributed by atoms with E-state index in [1.54, 1.807) is 18.6 Å². The Hall–Kier alpha value is -2.51. The van der Waals surface area contributed by atoms with Crippen LogP contribution in [0.3, 0.4) is 0 Å². The first kappa shape index (κ1) is 17.6. The van der Waals surface area contributed by atoms with Crippen LogP contribution in [0.25, 0.3) is 21.8 Å². The van der Waals surface area contributed by atoms with Crippen LogP contribution in [0.15, 0.2) is 43.5 Å². The van der Waals surface area contributed by atoms with Crippen LogP contribution in [0.2, 0.25) is 0 Å². The Morgan fingerprint density at radius 3 is 2.71 bits per heavy atom. The summed E-state index contributed by atoms with van der Waals surface area (Å²) >= 11 is 1.51. The van der Waals surface area contributed by atoms with Crippen LogP contribution in [-0.2, 0) is 0 Å². The maximum Gasteiger partial charge on any atom is 0.177 e. The second kappa shape index (κ2) is 7.14. The molecular formula is C21H22N4O2S. The molecule has 3 atom stereocenters. The van der Waals surface area contributed by atoms with E-state index in [2.05, 4.69) is 26.6 Å². The molecule has 5 rings (SSSR count). The normalized spacial score (nSPS) is 23.7. The highest BCUT2D eigenvalue weighted by atomic mass is 32.1. The Morgan fingerprint density at radius 2 is 2.00 bits per heavy atom. The van der Waals surface area contributed by atoms with Crippen molar-refractivity contribution in [2.75, 3.05) is 0 Å². The lowest BCUT2D eigenvalue weighted by atomic mass is 9.78. The molecule has 2 fully saturated rings. The summed E-state index contributed by atoms with van der Waals surface area (Å²) in [6.07, 6.45) is 11.8. The number of benzene rings is 1. The van der Waals surface area contributed by atoms with E-state index in [9.17, 15) is 5.26 Å². The third kappa shape index (κ3) is 3.14. The minimum Gasteiger partial charge on any atom is -0.339 e. The van der Waals surface area contributed by atoms with Crippen molar-refractivity contribution in [2.24, 2.45) is 17.8 Å².